The third kappa shape index (κ3) is 3.57. The summed E-state index contributed by atoms with van der Waals surface area (Å²) in [5.41, 5.74) is 7.40. The first-order valence-electron chi connectivity index (χ1n) is 7.45. The van der Waals surface area contributed by atoms with Crippen LogP contribution in [-0.4, -0.2) is 34.1 Å². The summed E-state index contributed by atoms with van der Waals surface area (Å²) in [5, 5.41) is 10.4. The van der Waals surface area contributed by atoms with Crippen molar-refractivity contribution in [1.29, 1.82) is 0 Å². The molecular formula is C16H22N2OS. The molecule has 0 saturated heterocycles. The Morgan fingerprint density at radius 1 is 1.25 bits per heavy atom. The molecule has 3 nitrogen and oxygen atoms in total. The van der Waals surface area contributed by atoms with Crippen molar-refractivity contribution in [3.63, 3.8) is 0 Å². The average Bonchev–Trinajstić information content (AvgIpc) is 3.30. The zero-order valence-corrected chi connectivity index (χ0v) is 12.5. The molecule has 0 amide bonds. The summed E-state index contributed by atoms with van der Waals surface area (Å²) in [7, 11) is 0. The number of nitrogens with two attached hydrogens (primary N) is 1. The SMILES string of the molecule is NC(=S)c1ccc(C(O)CN(CC2CC2)C2CC2)cc1. The van der Waals surface area contributed by atoms with Crippen LogP contribution in [0.15, 0.2) is 24.3 Å². The van der Waals surface area contributed by atoms with Gasteiger partial charge in [-0.15, -0.1) is 0 Å². The van der Waals surface area contributed by atoms with Gasteiger partial charge in [-0.25, -0.2) is 0 Å². The van der Waals surface area contributed by atoms with Crippen LogP contribution >= 0.6 is 12.2 Å². The highest BCUT2D eigenvalue weighted by molar-refractivity contribution is 7.80. The highest BCUT2D eigenvalue weighted by atomic mass is 32.1. The third-order valence-corrected chi connectivity index (χ3v) is 4.48. The molecule has 0 heterocycles. The molecule has 0 radical (unpaired) electrons. The molecule has 1 aromatic rings. The fourth-order valence-corrected chi connectivity index (χ4v) is 2.78. The van der Waals surface area contributed by atoms with Gasteiger partial charge in [0, 0.05) is 24.7 Å². The maximum absolute atomic E-state index is 10.4. The molecule has 2 saturated carbocycles. The number of benzene rings is 1. The highest BCUT2D eigenvalue weighted by Crippen LogP contribution is 2.35. The van der Waals surface area contributed by atoms with E-state index in [2.05, 4.69) is 4.90 Å². The van der Waals surface area contributed by atoms with E-state index in [1.54, 1.807) is 0 Å². The lowest BCUT2D eigenvalue weighted by Crippen LogP contribution is -2.32. The minimum absolute atomic E-state index is 0.402. The topological polar surface area (TPSA) is 49.5 Å². The number of hydrogen-bond acceptors (Lipinski definition) is 3. The molecule has 2 fully saturated rings. The number of nitrogens with zero attached hydrogens (tertiary/aromatic N) is 1. The molecule has 1 aromatic carbocycles. The zero-order valence-electron chi connectivity index (χ0n) is 11.7. The lowest BCUT2D eigenvalue weighted by Gasteiger charge is -2.25. The molecule has 0 aromatic heterocycles. The van der Waals surface area contributed by atoms with Crippen molar-refractivity contribution < 1.29 is 5.11 Å². The molecule has 108 valence electrons. The Balaban J connectivity index is 1.61. The molecule has 3 N–H and O–H groups in total. The van der Waals surface area contributed by atoms with Crippen molar-refractivity contribution in [1.82, 2.24) is 4.90 Å². The van der Waals surface area contributed by atoms with Gasteiger partial charge in [-0.1, -0.05) is 36.5 Å². The van der Waals surface area contributed by atoms with Gasteiger partial charge in [-0.2, -0.15) is 0 Å². The number of rotatable bonds is 7. The third-order valence-electron chi connectivity index (χ3n) is 4.24. The fraction of sp³-hybridized carbons (Fsp3) is 0.562. The second-order valence-corrected chi connectivity index (χ2v) is 6.57. The van der Waals surface area contributed by atoms with Gasteiger partial charge in [0.25, 0.3) is 0 Å². The van der Waals surface area contributed by atoms with Crippen LogP contribution in [0, 0.1) is 5.92 Å². The van der Waals surface area contributed by atoms with Crippen LogP contribution in [0.3, 0.4) is 0 Å². The van der Waals surface area contributed by atoms with E-state index < -0.39 is 6.10 Å². The first-order valence-corrected chi connectivity index (χ1v) is 7.86. The Hall–Kier alpha value is -0.970. The largest absolute Gasteiger partial charge is 0.389 e. The van der Waals surface area contributed by atoms with Gasteiger partial charge >= 0.3 is 0 Å². The van der Waals surface area contributed by atoms with E-state index in [1.807, 2.05) is 24.3 Å². The molecule has 1 unspecified atom stereocenters. The maximum atomic E-state index is 10.4. The van der Waals surface area contributed by atoms with Crippen LogP contribution in [0.25, 0.3) is 0 Å². The Kier molecular flexibility index (Phi) is 4.06. The van der Waals surface area contributed by atoms with Crippen LogP contribution in [-0.2, 0) is 0 Å². The number of aliphatic hydroxyl groups is 1. The van der Waals surface area contributed by atoms with Crippen LogP contribution in [0.5, 0.6) is 0 Å². The monoisotopic (exact) mass is 290 g/mol. The highest BCUT2D eigenvalue weighted by Gasteiger charge is 2.34. The van der Waals surface area contributed by atoms with Gasteiger partial charge < -0.3 is 10.8 Å². The molecule has 1 atom stereocenters. The maximum Gasteiger partial charge on any atom is 0.103 e. The van der Waals surface area contributed by atoms with Crippen LogP contribution in [0.4, 0.5) is 0 Å². The van der Waals surface area contributed by atoms with Crippen molar-refractivity contribution >= 4 is 17.2 Å². The van der Waals surface area contributed by atoms with Gasteiger partial charge in [0.05, 0.1) is 6.10 Å². The van der Waals surface area contributed by atoms with Crippen LogP contribution < -0.4 is 5.73 Å². The molecular weight excluding hydrogens is 268 g/mol. The normalized spacial score (nSPS) is 20.1. The summed E-state index contributed by atoms with van der Waals surface area (Å²) < 4.78 is 0. The van der Waals surface area contributed by atoms with Gasteiger partial charge in [-0.3, -0.25) is 4.90 Å². The first-order chi connectivity index (χ1) is 9.63. The quantitative estimate of drug-likeness (QED) is 0.756. The molecule has 20 heavy (non-hydrogen) atoms. The molecule has 2 aliphatic carbocycles. The Bertz CT molecular complexity index is 480. The summed E-state index contributed by atoms with van der Waals surface area (Å²) in [6.45, 7) is 1.90. The van der Waals surface area contributed by atoms with Crippen molar-refractivity contribution in [3.8, 4) is 0 Å². The van der Waals surface area contributed by atoms with E-state index >= 15 is 0 Å². The van der Waals surface area contributed by atoms with E-state index in [4.69, 9.17) is 18.0 Å². The van der Waals surface area contributed by atoms with Crippen molar-refractivity contribution in [3.05, 3.63) is 35.4 Å². The molecule has 4 heteroatoms. The lowest BCUT2D eigenvalue weighted by molar-refractivity contribution is 0.106. The van der Waals surface area contributed by atoms with Crippen molar-refractivity contribution in [2.75, 3.05) is 13.1 Å². The van der Waals surface area contributed by atoms with Gasteiger partial charge in [-0.05, 0) is 37.2 Å². The van der Waals surface area contributed by atoms with E-state index in [0.717, 1.165) is 30.1 Å². The summed E-state index contributed by atoms with van der Waals surface area (Å²) in [6.07, 6.45) is 4.89. The van der Waals surface area contributed by atoms with Gasteiger partial charge in [0.2, 0.25) is 0 Å². The van der Waals surface area contributed by atoms with Gasteiger partial charge in [0.1, 0.15) is 4.99 Å². The summed E-state index contributed by atoms with van der Waals surface area (Å²) in [6, 6.07) is 8.36. The van der Waals surface area contributed by atoms with Crippen molar-refractivity contribution in [2.45, 2.75) is 37.8 Å². The number of hydrogen-bond donors (Lipinski definition) is 2. The molecule has 2 aliphatic rings. The minimum Gasteiger partial charge on any atom is -0.389 e. The molecule has 0 spiro atoms. The second-order valence-electron chi connectivity index (χ2n) is 6.13. The Morgan fingerprint density at radius 3 is 2.40 bits per heavy atom. The Labute approximate surface area is 125 Å². The second kappa shape index (κ2) is 5.80. The zero-order chi connectivity index (χ0) is 14.1. The lowest BCUT2D eigenvalue weighted by atomic mass is 10.1. The van der Waals surface area contributed by atoms with Crippen LogP contribution in [0.2, 0.25) is 0 Å². The minimum atomic E-state index is -0.422. The number of thiocarbonyl (C=S) groups is 1. The molecule has 0 bridgehead atoms. The number of aliphatic hydroxyl groups excluding tert-OH is 1. The predicted molar refractivity (Wildman–Crippen MR) is 84.6 cm³/mol. The smallest absolute Gasteiger partial charge is 0.103 e. The Morgan fingerprint density at radius 2 is 1.90 bits per heavy atom. The molecule has 3 rings (SSSR count). The van der Waals surface area contributed by atoms with Gasteiger partial charge in [0.15, 0.2) is 0 Å². The van der Waals surface area contributed by atoms with Crippen LogP contribution in [0.1, 0.15) is 42.9 Å². The average molecular weight is 290 g/mol. The summed E-state index contributed by atoms with van der Waals surface area (Å²) >= 11 is 4.94. The standard InChI is InChI=1S/C16H22N2OS/c17-16(20)13-5-3-12(4-6-13)15(19)10-18(14-7-8-14)9-11-1-2-11/h3-6,11,14-15,19H,1-2,7-10H2,(H2,17,20). The van der Waals surface area contributed by atoms with E-state index in [9.17, 15) is 5.11 Å². The molecule has 0 aliphatic heterocycles. The fourth-order valence-electron chi connectivity index (χ4n) is 2.64. The summed E-state index contributed by atoms with van der Waals surface area (Å²) in [5.74, 6) is 0.875. The van der Waals surface area contributed by atoms with E-state index in [1.165, 1.54) is 25.7 Å². The predicted octanol–water partition coefficient (Wildman–Crippen LogP) is 2.23. The van der Waals surface area contributed by atoms with E-state index in [-0.39, 0.29) is 0 Å². The first kappa shape index (κ1) is 14.0. The summed E-state index contributed by atoms with van der Waals surface area (Å²) in [4.78, 5) is 2.88. The van der Waals surface area contributed by atoms with E-state index in [0.29, 0.717) is 11.0 Å². The van der Waals surface area contributed by atoms with Crippen molar-refractivity contribution in [2.24, 2.45) is 11.7 Å².